The summed E-state index contributed by atoms with van der Waals surface area (Å²) in [7, 11) is -1.67. The molecule has 0 amide bonds. The van der Waals surface area contributed by atoms with Crippen molar-refractivity contribution in [1.29, 1.82) is 0 Å². The molecule has 0 fully saturated rings. The number of carbonyl (C=O) groups is 2. The van der Waals surface area contributed by atoms with Gasteiger partial charge in [0.25, 0.3) is 10.0 Å². The van der Waals surface area contributed by atoms with E-state index in [2.05, 4.69) is 0 Å². The van der Waals surface area contributed by atoms with E-state index in [4.69, 9.17) is 4.74 Å². The molecule has 1 atom stereocenters. The van der Waals surface area contributed by atoms with Gasteiger partial charge in [-0.1, -0.05) is 66.7 Å². The average Bonchev–Trinajstić information content (AvgIpc) is 2.79. The second-order valence-corrected chi connectivity index (χ2v) is 8.62. The largest absolute Gasteiger partial charge is 0.468 e. The van der Waals surface area contributed by atoms with E-state index in [-0.39, 0.29) is 16.9 Å². The van der Waals surface area contributed by atoms with E-state index >= 15 is 0 Å². The van der Waals surface area contributed by atoms with Gasteiger partial charge >= 0.3 is 5.97 Å². The van der Waals surface area contributed by atoms with E-state index in [9.17, 15) is 18.0 Å². The SMILES string of the molecule is COC(=O)C(c1cccc(C(=O)c2ccccc2)c1)S(=O)(=O)N(C)c1ccccc1. The summed E-state index contributed by atoms with van der Waals surface area (Å²) in [6.07, 6.45) is 0. The molecule has 0 aliphatic rings. The van der Waals surface area contributed by atoms with Crippen LogP contribution in [0.4, 0.5) is 5.69 Å². The van der Waals surface area contributed by atoms with Crippen molar-refractivity contribution in [2.24, 2.45) is 0 Å². The van der Waals surface area contributed by atoms with Gasteiger partial charge < -0.3 is 4.74 Å². The molecular weight excluding hydrogens is 402 g/mol. The molecule has 7 heteroatoms. The van der Waals surface area contributed by atoms with Gasteiger partial charge in [0, 0.05) is 18.2 Å². The van der Waals surface area contributed by atoms with Crippen LogP contribution in [0.1, 0.15) is 26.7 Å². The Hall–Kier alpha value is -3.45. The Labute approximate surface area is 175 Å². The van der Waals surface area contributed by atoms with E-state index in [0.717, 1.165) is 11.4 Å². The van der Waals surface area contributed by atoms with Gasteiger partial charge in [-0.15, -0.1) is 0 Å². The molecule has 0 aromatic heterocycles. The number of para-hydroxylation sites is 1. The number of esters is 1. The molecule has 0 saturated carbocycles. The molecular formula is C23H21NO5S. The van der Waals surface area contributed by atoms with Crippen LogP contribution in [0.25, 0.3) is 0 Å². The summed E-state index contributed by atoms with van der Waals surface area (Å²) in [6.45, 7) is 0. The first-order chi connectivity index (χ1) is 14.4. The number of carbonyl (C=O) groups excluding carboxylic acids is 2. The lowest BCUT2D eigenvalue weighted by molar-refractivity contribution is -0.140. The van der Waals surface area contributed by atoms with Crippen molar-refractivity contribution in [2.75, 3.05) is 18.5 Å². The highest BCUT2D eigenvalue weighted by Crippen LogP contribution is 2.30. The van der Waals surface area contributed by atoms with Gasteiger partial charge in [-0.25, -0.2) is 8.42 Å². The first kappa shape index (κ1) is 21.3. The summed E-state index contributed by atoms with van der Waals surface area (Å²) in [4.78, 5) is 25.3. The number of hydrogen-bond acceptors (Lipinski definition) is 5. The third-order valence-electron chi connectivity index (χ3n) is 4.70. The Morgan fingerprint density at radius 3 is 2.00 bits per heavy atom. The Morgan fingerprint density at radius 2 is 1.40 bits per heavy atom. The van der Waals surface area contributed by atoms with E-state index in [1.165, 1.54) is 19.2 Å². The second-order valence-electron chi connectivity index (χ2n) is 6.57. The molecule has 0 spiro atoms. The van der Waals surface area contributed by atoms with Crippen LogP contribution in [-0.4, -0.2) is 34.3 Å². The molecule has 154 valence electrons. The number of ketones is 1. The van der Waals surface area contributed by atoms with Crippen molar-refractivity contribution < 1.29 is 22.7 Å². The highest BCUT2D eigenvalue weighted by molar-refractivity contribution is 7.93. The van der Waals surface area contributed by atoms with Crippen LogP contribution in [0.15, 0.2) is 84.9 Å². The van der Waals surface area contributed by atoms with E-state index in [0.29, 0.717) is 11.3 Å². The standard InChI is InChI=1S/C23H21NO5S/c1-24(20-14-7-4-8-15-20)30(27,28)22(23(26)29-2)19-13-9-12-18(16-19)21(25)17-10-5-3-6-11-17/h3-16,22H,1-2H3. The van der Waals surface area contributed by atoms with Crippen LogP contribution in [0, 0.1) is 0 Å². The van der Waals surface area contributed by atoms with Crippen LogP contribution < -0.4 is 4.31 Å². The van der Waals surface area contributed by atoms with Gasteiger partial charge in [0.15, 0.2) is 5.78 Å². The van der Waals surface area contributed by atoms with E-state index in [1.54, 1.807) is 72.8 Å². The molecule has 30 heavy (non-hydrogen) atoms. The first-order valence-corrected chi connectivity index (χ1v) is 10.7. The summed E-state index contributed by atoms with van der Waals surface area (Å²) >= 11 is 0. The summed E-state index contributed by atoms with van der Waals surface area (Å²) in [6, 6.07) is 23.1. The minimum Gasteiger partial charge on any atom is -0.468 e. The molecule has 0 saturated heterocycles. The molecule has 1 unspecified atom stereocenters. The molecule has 6 nitrogen and oxygen atoms in total. The van der Waals surface area contributed by atoms with Crippen LogP contribution in [0.5, 0.6) is 0 Å². The van der Waals surface area contributed by atoms with Crippen molar-refractivity contribution >= 4 is 27.5 Å². The lowest BCUT2D eigenvalue weighted by Gasteiger charge is -2.25. The zero-order valence-corrected chi connectivity index (χ0v) is 17.4. The highest BCUT2D eigenvalue weighted by atomic mass is 32.2. The van der Waals surface area contributed by atoms with Crippen molar-refractivity contribution in [3.63, 3.8) is 0 Å². The smallest absolute Gasteiger partial charge is 0.330 e. The van der Waals surface area contributed by atoms with Gasteiger partial charge in [-0.2, -0.15) is 0 Å². The maximum atomic E-state index is 13.3. The minimum atomic E-state index is -4.18. The third-order valence-corrected chi connectivity index (χ3v) is 6.74. The van der Waals surface area contributed by atoms with Crippen molar-refractivity contribution in [3.05, 3.63) is 102 Å². The zero-order valence-electron chi connectivity index (χ0n) is 16.6. The van der Waals surface area contributed by atoms with Crippen LogP contribution in [-0.2, 0) is 19.6 Å². The fraction of sp³-hybridized carbons (Fsp3) is 0.130. The monoisotopic (exact) mass is 423 g/mol. The Kier molecular flexibility index (Phi) is 6.32. The number of nitrogens with zero attached hydrogens (tertiary/aromatic N) is 1. The van der Waals surface area contributed by atoms with Gasteiger partial charge in [-0.3, -0.25) is 13.9 Å². The maximum absolute atomic E-state index is 13.3. The Bertz CT molecular complexity index is 1140. The topological polar surface area (TPSA) is 80.8 Å². The normalized spacial score (nSPS) is 12.1. The van der Waals surface area contributed by atoms with Crippen molar-refractivity contribution in [3.8, 4) is 0 Å². The molecule has 3 aromatic carbocycles. The van der Waals surface area contributed by atoms with Gasteiger partial charge in [-0.05, 0) is 23.8 Å². The minimum absolute atomic E-state index is 0.159. The third kappa shape index (κ3) is 4.26. The maximum Gasteiger partial charge on any atom is 0.330 e. The molecule has 0 aliphatic heterocycles. The zero-order chi connectivity index (χ0) is 21.7. The van der Waals surface area contributed by atoms with Crippen molar-refractivity contribution in [1.82, 2.24) is 0 Å². The highest BCUT2D eigenvalue weighted by Gasteiger charge is 2.39. The number of ether oxygens (including phenoxy) is 1. The lowest BCUT2D eigenvalue weighted by Crippen LogP contribution is -2.36. The first-order valence-electron chi connectivity index (χ1n) is 9.16. The number of rotatable bonds is 7. The Morgan fingerprint density at radius 1 is 0.833 bits per heavy atom. The Balaban J connectivity index is 2.05. The average molecular weight is 423 g/mol. The van der Waals surface area contributed by atoms with Gasteiger partial charge in [0.05, 0.1) is 12.8 Å². The molecule has 3 aromatic rings. The molecule has 0 bridgehead atoms. The van der Waals surface area contributed by atoms with Crippen LogP contribution in [0.2, 0.25) is 0 Å². The van der Waals surface area contributed by atoms with Gasteiger partial charge in [0.2, 0.25) is 5.25 Å². The van der Waals surface area contributed by atoms with Crippen LogP contribution >= 0.6 is 0 Å². The molecule has 0 heterocycles. The molecule has 3 rings (SSSR count). The number of hydrogen-bond donors (Lipinski definition) is 0. The second kappa shape index (κ2) is 8.92. The van der Waals surface area contributed by atoms with E-state index in [1.807, 2.05) is 0 Å². The van der Waals surface area contributed by atoms with Gasteiger partial charge in [0.1, 0.15) is 0 Å². The summed E-state index contributed by atoms with van der Waals surface area (Å²) in [5.74, 6) is -1.20. The summed E-state index contributed by atoms with van der Waals surface area (Å²) in [5.41, 5.74) is 1.31. The fourth-order valence-corrected chi connectivity index (χ4v) is 4.64. The lowest BCUT2D eigenvalue weighted by atomic mass is 10.0. The molecule has 0 radical (unpaired) electrons. The number of methoxy groups -OCH3 is 1. The fourth-order valence-electron chi connectivity index (χ4n) is 3.08. The van der Waals surface area contributed by atoms with Crippen LogP contribution in [0.3, 0.4) is 0 Å². The van der Waals surface area contributed by atoms with Crippen molar-refractivity contribution in [2.45, 2.75) is 5.25 Å². The number of anilines is 1. The molecule has 0 aliphatic carbocycles. The molecule has 0 N–H and O–H groups in total. The number of benzene rings is 3. The number of sulfonamides is 1. The quantitative estimate of drug-likeness (QED) is 0.428. The summed E-state index contributed by atoms with van der Waals surface area (Å²) in [5, 5.41) is -1.61. The summed E-state index contributed by atoms with van der Waals surface area (Å²) < 4.78 is 32.5. The predicted molar refractivity (Wildman–Crippen MR) is 115 cm³/mol. The van der Waals surface area contributed by atoms with E-state index < -0.39 is 21.2 Å². The predicted octanol–water partition coefficient (Wildman–Crippen LogP) is 3.60.